The maximum absolute atomic E-state index is 12.5. The standard InChI is InChI=1S/C20H18N6O3S/c1-12-10-13(2)26-19(22-12)23-16(24-26)17(27)21-8-9-25-18(28)15(30-20(25)29)11-14-6-4-3-5-7-14/h3-7,10-11H,8-9H2,1-2H3,(H,21,27). The molecule has 152 valence electrons. The van der Waals surface area contributed by atoms with Gasteiger partial charge >= 0.3 is 0 Å². The molecule has 1 aliphatic heterocycles. The Labute approximate surface area is 176 Å². The van der Waals surface area contributed by atoms with Crippen molar-refractivity contribution >= 4 is 40.7 Å². The number of thioether (sulfide) groups is 1. The average molecular weight is 422 g/mol. The lowest BCUT2D eigenvalue weighted by atomic mass is 10.2. The molecule has 1 aromatic carbocycles. The Hall–Kier alpha value is -3.53. The third-order valence-corrected chi connectivity index (χ3v) is 5.32. The molecule has 1 N–H and O–H groups in total. The first-order chi connectivity index (χ1) is 14.4. The molecule has 0 radical (unpaired) electrons. The van der Waals surface area contributed by atoms with Gasteiger partial charge in [0.25, 0.3) is 22.8 Å². The third-order valence-electron chi connectivity index (χ3n) is 4.41. The number of nitrogens with one attached hydrogen (secondary N) is 1. The molecule has 0 saturated carbocycles. The molecule has 1 aliphatic rings. The van der Waals surface area contributed by atoms with Crippen LogP contribution in [0, 0.1) is 13.8 Å². The molecule has 9 nitrogen and oxygen atoms in total. The van der Waals surface area contributed by atoms with Crippen LogP contribution < -0.4 is 5.32 Å². The number of amides is 3. The Morgan fingerprint density at radius 1 is 1.17 bits per heavy atom. The summed E-state index contributed by atoms with van der Waals surface area (Å²) in [5.74, 6) is -0.544. The smallest absolute Gasteiger partial charge is 0.293 e. The Kier molecular flexibility index (Phi) is 5.32. The first-order valence-electron chi connectivity index (χ1n) is 9.22. The minimum Gasteiger partial charge on any atom is -0.347 e. The number of imide groups is 1. The van der Waals surface area contributed by atoms with Gasteiger partial charge in [0.2, 0.25) is 5.82 Å². The second-order valence-electron chi connectivity index (χ2n) is 6.69. The molecule has 3 amide bonds. The largest absolute Gasteiger partial charge is 0.347 e. The number of carbonyl (C=O) groups excluding carboxylic acids is 3. The van der Waals surface area contributed by atoms with E-state index >= 15 is 0 Å². The Morgan fingerprint density at radius 2 is 1.93 bits per heavy atom. The molecule has 0 unspecified atom stereocenters. The van der Waals surface area contributed by atoms with Crippen molar-refractivity contribution in [3.63, 3.8) is 0 Å². The van der Waals surface area contributed by atoms with Gasteiger partial charge in [0.05, 0.1) is 4.91 Å². The number of hydrogen-bond donors (Lipinski definition) is 1. The number of rotatable bonds is 5. The van der Waals surface area contributed by atoms with E-state index in [2.05, 4.69) is 20.4 Å². The molecule has 1 fully saturated rings. The van der Waals surface area contributed by atoms with Gasteiger partial charge in [-0.3, -0.25) is 19.3 Å². The normalized spacial score (nSPS) is 15.4. The summed E-state index contributed by atoms with van der Waals surface area (Å²) >= 11 is 0.887. The fourth-order valence-electron chi connectivity index (χ4n) is 3.02. The van der Waals surface area contributed by atoms with Crippen molar-refractivity contribution in [1.29, 1.82) is 0 Å². The van der Waals surface area contributed by atoms with Gasteiger partial charge in [-0.1, -0.05) is 30.3 Å². The first kappa shape index (κ1) is 19.8. The molecular formula is C20H18N6O3S. The van der Waals surface area contributed by atoms with Gasteiger partial charge in [-0.15, -0.1) is 5.10 Å². The third kappa shape index (κ3) is 3.94. The van der Waals surface area contributed by atoms with Gasteiger partial charge in [-0.2, -0.15) is 4.98 Å². The summed E-state index contributed by atoms with van der Waals surface area (Å²) in [6, 6.07) is 11.1. The highest BCUT2D eigenvalue weighted by atomic mass is 32.2. The van der Waals surface area contributed by atoms with Crippen LogP contribution in [0.15, 0.2) is 41.3 Å². The van der Waals surface area contributed by atoms with Gasteiger partial charge in [0, 0.05) is 24.5 Å². The van der Waals surface area contributed by atoms with Gasteiger partial charge in [-0.05, 0) is 43.3 Å². The first-order valence-corrected chi connectivity index (χ1v) is 10.0. The molecule has 3 aromatic rings. The van der Waals surface area contributed by atoms with Crippen molar-refractivity contribution in [3.05, 3.63) is 64.1 Å². The molecule has 0 aliphatic carbocycles. The molecule has 1 saturated heterocycles. The zero-order chi connectivity index (χ0) is 21.3. The number of nitrogens with zero attached hydrogens (tertiary/aromatic N) is 5. The SMILES string of the molecule is Cc1cc(C)n2nc(C(=O)NCCN3C(=O)SC(=Cc4ccccc4)C3=O)nc2n1. The molecule has 4 rings (SSSR count). The van der Waals surface area contributed by atoms with Crippen LogP contribution in [0.3, 0.4) is 0 Å². The van der Waals surface area contributed by atoms with Crippen molar-refractivity contribution in [1.82, 2.24) is 29.8 Å². The summed E-state index contributed by atoms with van der Waals surface area (Å²) in [6.07, 6.45) is 1.68. The van der Waals surface area contributed by atoms with Crippen LogP contribution in [0.2, 0.25) is 0 Å². The minimum atomic E-state index is -0.496. The zero-order valence-corrected chi connectivity index (χ0v) is 17.1. The zero-order valence-electron chi connectivity index (χ0n) is 16.3. The Balaban J connectivity index is 1.39. The van der Waals surface area contributed by atoms with Crippen LogP contribution >= 0.6 is 11.8 Å². The maximum Gasteiger partial charge on any atom is 0.293 e. The number of aryl methyl sites for hydroxylation is 2. The minimum absolute atomic E-state index is 0.0192. The summed E-state index contributed by atoms with van der Waals surface area (Å²) in [5.41, 5.74) is 2.43. The van der Waals surface area contributed by atoms with Crippen LogP contribution in [0.4, 0.5) is 4.79 Å². The Bertz CT molecular complexity index is 1190. The van der Waals surface area contributed by atoms with E-state index in [1.54, 1.807) is 6.08 Å². The van der Waals surface area contributed by atoms with Crippen molar-refractivity contribution in [3.8, 4) is 0 Å². The lowest BCUT2D eigenvalue weighted by Gasteiger charge is -2.12. The molecule has 2 aromatic heterocycles. The second kappa shape index (κ2) is 8.07. The van der Waals surface area contributed by atoms with Crippen LogP contribution in [-0.2, 0) is 4.79 Å². The van der Waals surface area contributed by atoms with E-state index in [9.17, 15) is 14.4 Å². The van der Waals surface area contributed by atoms with Gasteiger partial charge in [-0.25, -0.2) is 9.50 Å². The second-order valence-corrected chi connectivity index (χ2v) is 7.68. The van der Waals surface area contributed by atoms with Crippen LogP contribution in [0.5, 0.6) is 0 Å². The van der Waals surface area contributed by atoms with Crippen molar-refractivity contribution < 1.29 is 14.4 Å². The number of benzene rings is 1. The molecule has 0 bridgehead atoms. The lowest BCUT2D eigenvalue weighted by Crippen LogP contribution is -2.37. The van der Waals surface area contributed by atoms with Crippen molar-refractivity contribution in [2.24, 2.45) is 0 Å². The van der Waals surface area contributed by atoms with Crippen LogP contribution in [0.1, 0.15) is 27.6 Å². The fraction of sp³-hybridized carbons (Fsp3) is 0.200. The number of fused-ring (bicyclic) bond motifs is 1. The van der Waals surface area contributed by atoms with Crippen molar-refractivity contribution in [2.45, 2.75) is 13.8 Å². The van der Waals surface area contributed by atoms with Crippen molar-refractivity contribution in [2.75, 3.05) is 13.1 Å². The van der Waals surface area contributed by atoms with E-state index in [1.165, 1.54) is 4.52 Å². The molecule has 0 atom stereocenters. The van der Waals surface area contributed by atoms with Crippen LogP contribution in [-0.4, -0.2) is 54.6 Å². The molecule has 30 heavy (non-hydrogen) atoms. The number of hydrogen-bond acceptors (Lipinski definition) is 7. The highest BCUT2D eigenvalue weighted by Crippen LogP contribution is 2.31. The quantitative estimate of drug-likeness (QED) is 0.628. The molecule has 3 heterocycles. The number of aromatic nitrogens is 4. The lowest BCUT2D eigenvalue weighted by molar-refractivity contribution is -0.122. The van der Waals surface area contributed by atoms with E-state index in [1.807, 2.05) is 50.2 Å². The average Bonchev–Trinajstić information content (AvgIpc) is 3.25. The van der Waals surface area contributed by atoms with E-state index in [0.717, 1.165) is 33.6 Å². The van der Waals surface area contributed by atoms with E-state index in [0.29, 0.717) is 10.7 Å². The predicted octanol–water partition coefficient (Wildman–Crippen LogP) is 2.21. The predicted molar refractivity (Wildman–Crippen MR) is 112 cm³/mol. The summed E-state index contributed by atoms with van der Waals surface area (Å²) < 4.78 is 1.49. The topological polar surface area (TPSA) is 110 Å². The number of carbonyl (C=O) groups is 3. The summed E-state index contributed by atoms with van der Waals surface area (Å²) in [5, 5.41) is 6.45. The van der Waals surface area contributed by atoms with E-state index in [-0.39, 0.29) is 30.1 Å². The molecule has 10 heteroatoms. The van der Waals surface area contributed by atoms with Gasteiger partial charge in [0.15, 0.2) is 0 Å². The van der Waals surface area contributed by atoms with Crippen LogP contribution in [0.25, 0.3) is 11.9 Å². The summed E-state index contributed by atoms with van der Waals surface area (Å²) in [6.45, 7) is 3.84. The Morgan fingerprint density at radius 3 is 2.70 bits per heavy atom. The van der Waals surface area contributed by atoms with Gasteiger partial charge in [0.1, 0.15) is 0 Å². The maximum atomic E-state index is 12.5. The monoisotopic (exact) mass is 422 g/mol. The van der Waals surface area contributed by atoms with E-state index in [4.69, 9.17) is 0 Å². The van der Waals surface area contributed by atoms with E-state index < -0.39 is 5.91 Å². The summed E-state index contributed by atoms with van der Waals surface area (Å²) in [7, 11) is 0. The van der Waals surface area contributed by atoms with Gasteiger partial charge < -0.3 is 5.32 Å². The molecule has 0 spiro atoms. The highest BCUT2D eigenvalue weighted by Gasteiger charge is 2.34. The molecular weight excluding hydrogens is 404 g/mol. The summed E-state index contributed by atoms with van der Waals surface area (Å²) in [4.78, 5) is 47.0. The fourth-order valence-corrected chi connectivity index (χ4v) is 3.88. The highest BCUT2D eigenvalue weighted by molar-refractivity contribution is 8.18.